The molecule has 7 nitrogen and oxygen atoms in total. The fourth-order valence-electron chi connectivity index (χ4n) is 3.08. The number of hydrogen-bond acceptors (Lipinski definition) is 5. The third-order valence-electron chi connectivity index (χ3n) is 4.29. The maximum Gasteiger partial charge on any atom is 0.289 e. The van der Waals surface area contributed by atoms with E-state index in [0.29, 0.717) is 12.3 Å². The molecule has 1 aliphatic rings. The van der Waals surface area contributed by atoms with Crippen molar-refractivity contribution < 1.29 is 9.21 Å². The molecule has 0 aliphatic carbocycles. The zero-order valence-electron chi connectivity index (χ0n) is 13.7. The molecule has 4 heterocycles. The largest absolute Gasteiger partial charge is 0.454 e. The molecule has 0 radical (unpaired) electrons. The Morgan fingerprint density at radius 3 is 2.92 bits per heavy atom. The van der Waals surface area contributed by atoms with E-state index in [1.165, 1.54) is 0 Å². The SMILES string of the molecule is Cc1nn(C)c2cnn(Cc3ccc(C(=O)N4CCSCC4)o3)c12. The number of rotatable bonds is 3. The van der Waals surface area contributed by atoms with Gasteiger partial charge in [0.1, 0.15) is 16.8 Å². The highest BCUT2D eigenvalue weighted by Crippen LogP contribution is 2.20. The molecule has 1 saturated heterocycles. The fraction of sp³-hybridized carbons (Fsp3) is 0.438. The summed E-state index contributed by atoms with van der Waals surface area (Å²) < 4.78 is 9.46. The molecule has 1 aliphatic heterocycles. The Hall–Kier alpha value is -2.22. The molecule has 3 aromatic heterocycles. The van der Waals surface area contributed by atoms with Crippen LogP contribution in [0, 0.1) is 6.92 Å². The number of aryl methyl sites for hydroxylation is 2. The lowest BCUT2D eigenvalue weighted by atomic mass is 10.3. The molecule has 0 unspecified atom stereocenters. The molecule has 24 heavy (non-hydrogen) atoms. The molecule has 0 aromatic carbocycles. The van der Waals surface area contributed by atoms with E-state index in [9.17, 15) is 4.79 Å². The first-order valence-corrected chi connectivity index (χ1v) is 9.10. The minimum atomic E-state index is -0.0234. The molecule has 1 fully saturated rings. The Balaban J connectivity index is 1.55. The van der Waals surface area contributed by atoms with Gasteiger partial charge in [-0.25, -0.2) is 0 Å². The number of carbonyl (C=O) groups is 1. The van der Waals surface area contributed by atoms with Crippen molar-refractivity contribution in [1.29, 1.82) is 0 Å². The minimum Gasteiger partial charge on any atom is -0.454 e. The molecule has 4 rings (SSSR count). The molecule has 0 atom stereocenters. The molecule has 126 valence electrons. The van der Waals surface area contributed by atoms with Crippen molar-refractivity contribution in [2.75, 3.05) is 24.6 Å². The number of nitrogens with zero attached hydrogens (tertiary/aromatic N) is 5. The average Bonchev–Trinajstić information content (AvgIpc) is 3.28. The lowest BCUT2D eigenvalue weighted by Gasteiger charge is -2.25. The van der Waals surface area contributed by atoms with Gasteiger partial charge < -0.3 is 9.32 Å². The molecule has 0 bridgehead atoms. The molecular formula is C16H19N5O2S. The maximum atomic E-state index is 12.5. The van der Waals surface area contributed by atoms with Crippen molar-refractivity contribution in [3.8, 4) is 0 Å². The highest BCUT2D eigenvalue weighted by atomic mass is 32.2. The first-order valence-electron chi connectivity index (χ1n) is 7.94. The molecule has 3 aromatic rings. The second-order valence-corrected chi connectivity index (χ2v) is 7.14. The Morgan fingerprint density at radius 2 is 2.12 bits per heavy atom. The van der Waals surface area contributed by atoms with Crippen LogP contribution < -0.4 is 0 Å². The Labute approximate surface area is 143 Å². The van der Waals surface area contributed by atoms with Crippen molar-refractivity contribution >= 4 is 28.7 Å². The molecular weight excluding hydrogens is 326 g/mol. The van der Waals surface area contributed by atoms with Gasteiger partial charge in [0, 0.05) is 31.6 Å². The van der Waals surface area contributed by atoms with Gasteiger partial charge in [0.25, 0.3) is 5.91 Å². The highest BCUT2D eigenvalue weighted by Gasteiger charge is 2.21. The second-order valence-electron chi connectivity index (χ2n) is 5.92. The van der Waals surface area contributed by atoms with Gasteiger partial charge in [-0.15, -0.1) is 0 Å². The van der Waals surface area contributed by atoms with E-state index in [0.717, 1.165) is 47.1 Å². The summed E-state index contributed by atoms with van der Waals surface area (Å²) in [6.07, 6.45) is 1.80. The number of thioether (sulfide) groups is 1. The number of furan rings is 1. The van der Waals surface area contributed by atoms with E-state index in [4.69, 9.17) is 4.42 Å². The standard InChI is InChI=1S/C16H19N5O2S/c1-11-15-13(19(2)18-11)9-17-21(15)10-12-3-4-14(23-12)16(22)20-5-7-24-8-6-20/h3-4,9H,5-8,10H2,1-2H3. The highest BCUT2D eigenvalue weighted by molar-refractivity contribution is 7.99. The Morgan fingerprint density at radius 1 is 1.33 bits per heavy atom. The van der Waals surface area contributed by atoms with Crippen LogP contribution in [0.4, 0.5) is 0 Å². The zero-order chi connectivity index (χ0) is 16.7. The van der Waals surface area contributed by atoms with E-state index in [-0.39, 0.29) is 5.91 Å². The van der Waals surface area contributed by atoms with Gasteiger partial charge in [-0.2, -0.15) is 22.0 Å². The third-order valence-corrected chi connectivity index (χ3v) is 5.23. The number of carbonyl (C=O) groups excluding carboxylic acids is 1. The van der Waals surface area contributed by atoms with E-state index in [1.807, 2.05) is 46.1 Å². The Kier molecular flexibility index (Phi) is 3.84. The smallest absolute Gasteiger partial charge is 0.289 e. The maximum absolute atomic E-state index is 12.5. The van der Waals surface area contributed by atoms with Gasteiger partial charge in [-0.3, -0.25) is 14.2 Å². The van der Waals surface area contributed by atoms with E-state index < -0.39 is 0 Å². The first-order chi connectivity index (χ1) is 11.6. The summed E-state index contributed by atoms with van der Waals surface area (Å²) in [5.74, 6) is 3.08. The van der Waals surface area contributed by atoms with E-state index >= 15 is 0 Å². The van der Waals surface area contributed by atoms with Crippen LogP contribution >= 0.6 is 11.8 Å². The predicted molar refractivity (Wildman–Crippen MR) is 92.3 cm³/mol. The summed E-state index contributed by atoms with van der Waals surface area (Å²) in [6.45, 7) is 4.02. The molecule has 0 saturated carbocycles. The molecule has 0 N–H and O–H groups in total. The van der Waals surface area contributed by atoms with Gasteiger partial charge in [-0.05, 0) is 19.1 Å². The summed E-state index contributed by atoms with van der Waals surface area (Å²) in [5.41, 5.74) is 2.91. The van der Waals surface area contributed by atoms with Gasteiger partial charge in [0.2, 0.25) is 0 Å². The Bertz CT molecular complexity index is 888. The van der Waals surface area contributed by atoms with Crippen molar-refractivity contribution in [2.45, 2.75) is 13.5 Å². The van der Waals surface area contributed by atoms with Gasteiger partial charge >= 0.3 is 0 Å². The number of hydrogen-bond donors (Lipinski definition) is 0. The van der Waals surface area contributed by atoms with Crippen LogP contribution in [0.3, 0.4) is 0 Å². The summed E-state index contributed by atoms with van der Waals surface area (Å²) in [5, 5.41) is 8.82. The second kappa shape index (κ2) is 6.01. The lowest BCUT2D eigenvalue weighted by Crippen LogP contribution is -2.37. The predicted octanol–water partition coefficient (Wildman–Crippen LogP) is 1.91. The third kappa shape index (κ3) is 2.60. The quantitative estimate of drug-likeness (QED) is 0.725. The summed E-state index contributed by atoms with van der Waals surface area (Å²) in [4.78, 5) is 14.3. The van der Waals surface area contributed by atoms with Crippen LogP contribution in [0.15, 0.2) is 22.7 Å². The lowest BCUT2D eigenvalue weighted by molar-refractivity contribution is 0.0738. The minimum absolute atomic E-state index is 0.0234. The van der Waals surface area contributed by atoms with Crippen molar-refractivity contribution in [3.63, 3.8) is 0 Å². The molecule has 1 amide bonds. The number of aromatic nitrogens is 4. The van der Waals surface area contributed by atoms with Crippen LogP contribution in [0.5, 0.6) is 0 Å². The van der Waals surface area contributed by atoms with E-state index in [1.54, 1.807) is 12.3 Å². The van der Waals surface area contributed by atoms with Gasteiger partial charge in [0.05, 0.1) is 18.4 Å². The van der Waals surface area contributed by atoms with Crippen molar-refractivity contribution in [3.05, 3.63) is 35.5 Å². The van der Waals surface area contributed by atoms with Crippen LogP contribution in [0.2, 0.25) is 0 Å². The summed E-state index contributed by atoms with van der Waals surface area (Å²) >= 11 is 1.88. The molecule has 0 spiro atoms. The summed E-state index contributed by atoms with van der Waals surface area (Å²) in [6, 6.07) is 3.61. The van der Waals surface area contributed by atoms with E-state index in [2.05, 4.69) is 10.2 Å². The molecule has 8 heteroatoms. The van der Waals surface area contributed by atoms with Crippen LogP contribution in [-0.2, 0) is 13.6 Å². The van der Waals surface area contributed by atoms with Crippen LogP contribution in [0.25, 0.3) is 11.0 Å². The van der Waals surface area contributed by atoms with Crippen molar-refractivity contribution in [2.24, 2.45) is 7.05 Å². The zero-order valence-corrected chi connectivity index (χ0v) is 14.5. The fourth-order valence-corrected chi connectivity index (χ4v) is 3.98. The number of fused-ring (bicyclic) bond motifs is 1. The normalized spacial score (nSPS) is 15.3. The monoisotopic (exact) mass is 345 g/mol. The summed E-state index contributed by atoms with van der Waals surface area (Å²) in [7, 11) is 1.90. The van der Waals surface area contributed by atoms with Crippen LogP contribution in [-0.4, -0.2) is 55.0 Å². The topological polar surface area (TPSA) is 69.1 Å². The first kappa shape index (κ1) is 15.3. The number of amides is 1. The van der Waals surface area contributed by atoms with Crippen LogP contribution in [0.1, 0.15) is 22.0 Å². The van der Waals surface area contributed by atoms with Gasteiger partial charge in [-0.1, -0.05) is 0 Å². The average molecular weight is 345 g/mol. The van der Waals surface area contributed by atoms with Crippen molar-refractivity contribution in [1.82, 2.24) is 24.5 Å². The van der Waals surface area contributed by atoms with Gasteiger partial charge in [0.15, 0.2) is 5.76 Å².